The van der Waals surface area contributed by atoms with Crippen LogP contribution in [0.25, 0.3) is 0 Å². The molecule has 3 nitrogen and oxygen atoms in total. The van der Waals surface area contributed by atoms with E-state index in [0.29, 0.717) is 0 Å². The van der Waals surface area contributed by atoms with E-state index < -0.39 is 4.32 Å². The fraction of sp³-hybridized carbons (Fsp3) is 0.125. The van der Waals surface area contributed by atoms with E-state index >= 15 is 0 Å². The third kappa shape index (κ3) is 1.88. The highest BCUT2D eigenvalue weighted by Gasteiger charge is 2.49. The normalized spacial score (nSPS) is 22.0. The van der Waals surface area contributed by atoms with Gasteiger partial charge in [0.05, 0.1) is 11.4 Å². The van der Waals surface area contributed by atoms with Crippen molar-refractivity contribution < 1.29 is 4.79 Å². The van der Waals surface area contributed by atoms with Crippen molar-refractivity contribution >= 4 is 33.2 Å². The SMILES string of the molecule is CC1=NN(c2ccccc2)C(=O)C1(Br)c1ccccc1. The Morgan fingerprint density at radius 3 is 2.15 bits per heavy atom. The second kappa shape index (κ2) is 4.87. The molecule has 0 N–H and O–H groups in total. The van der Waals surface area contributed by atoms with Gasteiger partial charge in [-0.05, 0) is 24.6 Å². The number of carbonyl (C=O) groups is 1. The van der Waals surface area contributed by atoms with E-state index in [2.05, 4.69) is 21.0 Å². The molecule has 4 heteroatoms. The molecule has 0 spiro atoms. The highest BCUT2D eigenvalue weighted by molar-refractivity contribution is 9.10. The summed E-state index contributed by atoms with van der Waals surface area (Å²) in [6.45, 7) is 1.86. The maximum Gasteiger partial charge on any atom is 0.274 e. The highest BCUT2D eigenvalue weighted by atomic mass is 79.9. The van der Waals surface area contributed by atoms with Crippen molar-refractivity contribution in [3.63, 3.8) is 0 Å². The number of rotatable bonds is 2. The van der Waals surface area contributed by atoms with Gasteiger partial charge in [0.25, 0.3) is 5.91 Å². The quantitative estimate of drug-likeness (QED) is 0.773. The first-order valence-electron chi connectivity index (χ1n) is 6.34. The molecule has 2 aromatic carbocycles. The van der Waals surface area contributed by atoms with Gasteiger partial charge in [0.1, 0.15) is 0 Å². The van der Waals surface area contributed by atoms with Crippen LogP contribution < -0.4 is 5.01 Å². The number of para-hydroxylation sites is 1. The van der Waals surface area contributed by atoms with Gasteiger partial charge < -0.3 is 0 Å². The number of amides is 1. The van der Waals surface area contributed by atoms with Gasteiger partial charge in [0.15, 0.2) is 4.32 Å². The van der Waals surface area contributed by atoms with Gasteiger partial charge in [-0.2, -0.15) is 10.1 Å². The molecule has 20 heavy (non-hydrogen) atoms. The molecule has 0 bridgehead atoms. The van der Waals surface area contributed by atoms with E-state index in [1.54, 1.807) is 0 Å². The average molecular weight is 329 g/mol. The molecule has 3 rings (SSSR count). The number of nitrogens with zero attached hydrogens (tertiary/aromatic N) is 2. The smallest absolute Gasteiger partial charge is 0.270 e. The number of hydrogen-bond donors (Lipinski definition) is 0. The van der Waals surface area contributed by atoms with Gasteiger partial charge in [-0.1, -0.05) is 64.5 Å². The molecular formula is C16H13BrN2O. The Balaban J connectivity index is 2.05. The van der Waals surface area contributed by atoms with Crippen LogP contribution in [0.5, 0.6) is 0 Å². The van der Waals surface area contributed by atoms with Crippen LogP contribution in [0, 0.1) is 0 Å². The van der Waals surface area contributed by atoms with Crippen molar-refractivity contribution in [2.75, 3.05) is 5.01 Å². The van der Waals surface area contributed by atoms with Gasteiger partial charge in [0, 0.05) is 0 Å². The van der Waals surface area contributed by atoms with E-state index in [4.69, 9.17) is 0 Å². The van der Waals surface area contributed by atoms with Crippen LogP contribution in [-0.4, -0.2) is 11.6 Å². The molecule has 1 aliphatic rings. The molecule has 1 heterocycles. The first-order chi connectivity index (χ1) is 9.64. The molecular weight excluding hydrogens is 316 g/mol. The molecule has 0 aliphatic carbocycles. The first-order valence-corrected chi connectivity index (χ1v) is 7.13. The maximum absolute atomic E-state index is 12.8. The highest BCUT2D eigenvalue weighted by Crippen LogP contribution is 2.40. The van der Waals surface area contributed by atoms with Crippen LogP contribution in [-0.2, 0) is 9.12 Å². The van der Waals surface area contributed by atoms with Gasteiger partial charge in [-0.3, -0.25) is 4.79 Å². The molecule has 100 valence electrons. The van der Waals surface area contributed by atoms with Gasteiger partial charge >= 0.3 is 0 Å². The van der Waals surface area contributed by atoms with Crippen molar-refractivity contribution in [3.8, 4) is 0 Å². The molecule has 2 aromatic rings. The monoisotopic (exact) mass is 328 g/mol. The zero-order chi connectivity index (χ0) is 14.2. The summed E-state index contributed by atoms with van der Waals surface area (Å²) in [6, 6.07) is 19.1. The number of carbonyl (C=O) groups excluding carboxylic acids is 1. The molecule has 1 amide bonds. The molecule has 1 aliphatic heterocycles. The lowest BCUT2D eigenvalue weighted by atomic mass is 9.94. The van der Waals surface area contributed by atoms with E-state index in [1.807, 2.05) is 67.6 Å². The van der Waals surface area contributed by atoms with Crippen LogP contribution in [0.2, 0.25) is 0 Å². The van der Waals surface area contributed by atoms with Crippen molar-refractivity contribution in [3.05, 3.63) is 66.2 Å². The molecule has 0 saturated carbocycles. The minimum absolute atomic E-state index is 0.0904. The summed E-state index contributed by atoms with van der Waals surface area (Å²) in [5.74, 6) is -0.0904. The molecule has 1 atom stereocenters. The molecule has 0 radical (unpaired) electrons. The zero-order valence-corrected chi connectivity index (χ0v) is 12.5. The van der Waals surface area contributed by atoms with Crippen LogP contribution in [0.4, 0.5) is 5.69 Å². The lowest BCUT2D eigenvalue weighted by molar-refractivity contribution is -0.118. The molecule has 1 unspecified atom stereocenters. The summed E-state index contributed by atoms with van der Waals surface area (Å²) in [5, 5.41) is 5.88. The number of hydrogen-bond acceptors (Lipinski definition) is 2. The van der Waals surface area contributed by atoms with Crippen molar-refractivity contribution in [1.82, 2.24) is 0 Å². The fourth-order valence-corrected chi connectivity index (χ4v) is 2.82. The summed E-state index contributed by atoms with van der Waals surface area (Å²) in [7, 11) is 0. The lowest BCUT2D eigenvalue weighted by Crippen LogP contribution is -2.37. The van der Waals surface area contributed by atoms with Gasteiger partial charge in [-0.15, -0.1) is 0 Å². The largest absolute Gasteiger partial charge is 0.274 e. The topological polar surface area (TPSA) is 32.7 Å². The summed E-state index contributed by atoms with van der Waals surface area (Å²) in [4.78, 5) is 12.8. The maximum atomic E-state index is 12.8. The van der Waals surface area contributed by atoms with Crippen LogP contribution in [0.15, 0.2) is 65.8 Å². The standard InChI is InChI=1S/C16H13BrN2O/c1-12-16(17,13-8-4-2-5-9-13)15(20)19(18-12)14-10-6-3-7-11-14/h2-11H,1H3. The van der Waals surface area contributed by atoms with E-state index in [1.165, 1.54) is 5.01 Å². The van der Waals surface area contributed by atoms with Gasteiger partial charge in [-0.25, -0.2) is 0 Å². The summed E-state index contributed by atoms with van der Waals surface area (Å²) in [6.07, 6.45) is 0. The summed E-state index contributed by atoms with van der Waals surface area (Å²) >= 11 is 3.60. The van der Waals surface area contributed by atoms with E-state index in [0.717, 1.165) is 17.0 Å². The minimum Gasteiger partial charge on any atom is -0.270 e. The Labute approximate surface area is 126 Å². The Bertz CT molecular complexity index is 669. The number of alkyl halides is 1. The first kappa shape index (κ1) is 13.1. The Morgan fingerprint density at radius 2 is 1.55 bits per heavy atom. The van der Waals surface area contributed by atoms with Crippen LogP contribution in [0.3, 0.4) is 0 Å². The Hall–Kier alpha value is -1.94. The lowest BCUT2D eigenvalue weighted by Gasteiger charge is -2.22. The fourth-order valence-electron chi connectivity index (χ4n) is 2.31. The third-order valence-corrected chi connectivity index (χ3v) is 4.78. The van der Waals surface area contributed by atoms with E-state index in [-0.39, 0.29) is 5.91 Å². The number of benzene rings is 2. The van der Waals surface area contributed by atoms with E-state index in [9.17, 15) is 4.79 Å². The van der Waals surface area contributed by atoms with Crippen molar-refractivity contribution in [1.29, 1.82) is 0 Å². The third-order valence-electron chi connectivity index (χ3n) is 3.41. The van der Waals surface area contributed by atoms with Crippen molar-refractivity contribution in [2.24, 2.45) is 5.10 Å². The zero-order valence-electron chi connectivity index (χ0n) is 11.0. The predicted octanol–water partition coefficient (Wildman–Crippen LogP) is 3.70. The summed E-state index contributed by atoms with van der Waals surface area (Å²) in [5.41, 5.74) is 2.40. The number of halogens is 1. The molecule has 0 aromatic heterocycles. The minimum atomic E-state index is -0.871. The second-order valence-corrected chi connectivity index (χ2v) is 5.85. The van der Waals surface area contributed by atoms with Crippen molar-refractivity contribution in [2.45, 2.75) is 11.2 Å². The second-order valence-electron chi connectivity index (χ2n) is 4.66. The van der Waals surface area contributed by atoms with Crippen LogP contribution in [0.1, 0.15) is 12.5 Å². The van der Waals surface area contributed by atoms with Gasteiger partial charge in [0.2, 0.25) is 0 Å². The molecule has 0 fully saturated rings. The average Bonchev–Trinajstić information content (AvgIpc) is 2.74. The Morgan fingerprint density at radius 1 is 1.00 bits per heavy atom. The molecule has 0 saturated heterocycles. The number of hydrazone groups is 1. The number of anilines is 1. The predicted molar refractivity (Wildman–Crippen MR) is 84.1 cm³/mol. The summed E-state index contributed by atoms with van der Waals surface area (Å²) < 4.78 is -0.871. The Kier molecular flexibility index (Phi) is 3.18. The van der Waals surface area contributed by atoms with Crippen LogP contribution >= 0.6 is 15.9 Å².